The zero-order chi connectivity index (χ0) is 12.0. The van der Waals surface area contributed by atoms with Crippen LogP contribution in [0.25, 0.3) is 6.08 Å². The summed E-state index contributed by atoms with van der Waals surface area (Å²) in [7, 11) is 0. The van der Waals surface area contributed by atoms with Gasteiger partial charge in [0.05, 0.1) is 18.2 Å². The number of ether oxygens (including phenoxy) is 1. The molecule has 0 unspecified atom stereocenters. The van der Waals surface area contributed by atoms with Gasteiger partial charge >= 0.3 is 5.97 Å². The number of rotatable bonds is 5. The molecule has 1 aromatic rings. The summed E-state index contributed by atoms with van der Waals surface area (Å²) in [5, 5.41) is 0. The van der Waals surface area contributed by atoms with Crippen molar-refractivity contribution < 1.29 is 13.9 Å². The molecular formula is C11H14ClNO3. The van der Waals surface area contributed by atoms with Crippen molar-refractivity contribution in [2.24, 2.45) is 0 Å². The summed E-state index contributed by atoms with van der Waals surface area (Å²) >= 11 is 5.70. The first-order valence-electron chi connectivity index (χ1n) is 5.10. The SMILES string of the molecule is CCOC(=O)C=Cc1nc(CCl)c(CC)o1. The van der Waals surface area contributed by atoms with Gasteiger partial charge in [-0.2, -0.15) is 0 Å². The summed E-state index contributed by atoms with van der Waals surface area (Å²) in [4.78, 5) is 15.2. The molecule has 1 aromatic heterocycles. The second kappa shape index (κ2) is 6.33. The zero-order valence-electron chi connectivity index (χ0n) is 9.33. The van der Waals surface area contributed by atoms with Crippen molar-refractivity contribution in [1.82, 2.24) is 4.98 Å². The van der Waals surface area contributed by atoms with E-state index in [2.05, 4.69) is 4.98 Å². The zero-order valence-corrected chi connectivity index (χ0v) is 10.1. The Morgan fingerprint density at radius 3 is 2.81 bits per heavy atom. The number of aromatic nitrogens is 1. The Kier molecular flexibility index (Phi) is 5.05. The molecule has 0 fully saturated rings. The molecule has 1 heterocycles. The van der Waals surface area contributed by atoms with Gasteiger partial charge in [0, 0.05) is 18.6 Å². The summed E-state index contributed by atoms with van der Waals surface area (Å²) < 4.78 is 10.1. The third-order valence-corrected chi connectivity index (χ3v) is 2.14. The summed E-state index contributed by atoms with van der Waals surface area (Å²) in [5.41, 5.74) is 0.715. The van der Waals surface area contributed by atoms with E-state index in [0.717, 1.165) is 12.2 Å². The predicted octanol–water partition coefficient (Wildman–Crippen LogP) is 2.55. The van der Waals surface area contributed by atoms with Crippen LogP contribution in [0.3, 0.4) is 0 Å². The molecular weight excluding hydrogens is 230 g/mol. The summed E-state index contributed by atoms with van der Waals surface area (Å²) in [6.45, 7) is 4.05. The molecule has 0 aromatic carbocycles. The molecule has 4 nitrogen and oxygen atoms in total. The lowest BCUT2D eigenvalue weighted by molar-refractivity contribution is -0.137. The van der Waals surface area contributed by atoms with E-state index in [0.29, 0.717) is 24.1 Å². The lowest BCUT2D eigenvalue weighted by Crippen LogP contribution is -1.98. The highest BCUT2D eigenvalue weighted by atomic mass is 35.5. The molecule has 0 bridgehead atoms. The van der Waals surface area contributed by atoms with Gasteiger partial charge < -0.3 is 9.15 Å². The van der Waals surface area contributed by atoms with Crippen LogP contribution in [0.15, 0.2) is 10.5 Å². The fraction of sp³-hybridized carbons (Fsp3) is 0.455. The fourth-order valence-corrected chi connectivity index (χ4v) is 1.39. The van der Waals surface area contributed by atoms with Gasteiger partial charge in [0.2, 0.25) is 5.89 Å². The van der Waals surface area contributed by atoms with Crippen LogP contribution in [-0.2, 0) is 21.8 Å². The van der Waals surface area contributed by atoms with Gasteiger partial charge in [0.15, 0.2) is 0 Å². The smallest absolute Gasteiger partial charge is 0.330 e. The molecule has 0 aliphatic heterocycles. The highest BCUT2D eigenvalue weighted by Crippen LogP contribution is 2.15. The maximum Gasteiger partial charge on any atom is 0.330 e. The Morgan fingerprint density at radius 1 is 1.56 bits per heavy atom. The van der Waals surface area contributed by atoms with Gasteiger partial charge in [0.25, 0.3) is 0 Å². The number of hydrogen-bond acceptors (Lipinski definition) is 4. The van der Waals surface area contributed by atoms with Crippen molar-refractivity contribution in [2.45, 2.75) is 26.1 Å². The molecule has 0 aliphatic rings. The highest BCUT2D eigenvalue weighted by molar-refractivity contribution is 6.16. The van der Waals surface area contributed by atoms with Crippen LogP contribution in [-0.4, -0.2) is 17.6 Å². The van der Waals surface area contributed by atoms with E-state index in [1.54, 1.807) is 6.92 Å². The lowest BCUT2D eigenvalue weighted by Gasteiger charge is -1.92. The quantitative estimate of drug-likeness (QED) is 0.453. The molecule has 0 radical (unpaired) electrons. The van der Waals surface area contributed by atoms with E-state index in [9.17, 15) is 4.79 Å². The van der Waals surface area contributed by atoms with Crippen molar-refractivity contribution in [2.75, 3.05) is 6.61 Å². The normalized spacial score (nSPS) is 10.9. The van der Waals surface area contributed by atoms with Gasteiger partial charge in [0.1, 0.15) is 5.76 Å². The number of nitrogens with zero attached hydrogens (tertiary/aromatic N) is 1. The van der Waals surface area contributed by atoms with E-state index in [1.165, 1.54) is 12.2 Å². The Labute approximate surface area is 99.3 Å². The van der Waals surface area contributed by atoms with Crippen molar-refractivity contribution in [3.63, 3.8) is 0 Å². The summed E-state index contributed by atoms with van der Waals surface area (Å²) in [6.07, 6.45) is 3.49. The molecule has 0 aliphatic carbocycles. The maximum atomic E-state index is 11.0. The summed E-state index contributed by atoms with van der Waals surface area (Å²) in [6, 6.07) is 0. The van der Waals surface area contributed by atoms with Crippen molar-refractivity contribution in [3.05, 3.63) is 23.4 Å². The third kappa shape index (κ3) is 3.38. The van der Waals surface area contributed by atoms with Crippen LogP contribution < -0.4 is 0 Å². The number of carbonyl (C=O) groups is 1. The van der Waals surface area contributed by atoms with E-state index in [1.807, 2.05) is 6.92 Å². The molecule has 0 atom stereocenters. The number of aryl methyl sites for hydroxylation is 1. The molecule has 88 valence electrons. The predicted molar refractivity (Wildman–Crippen MR) is 61.1 cm³/mol. The van der Waals surface area contributed by atoms with Gasteiger partial charge in [-0.15, -0.1) is 11.6 Å². The minimum Gasteiger partial charge on any atom is -0.463 e. The van der Waals surface area contributed by atoms with Gasteiger partial charge in [-0.25, -0.2) is 9.78 Å². The molecule has 16 heavy (non-hydrogen) atoms. The first kappa shape index (κ1) is 12.8. The van der Waals surface area contributed by atoms with Gasteiger partial charge in [-0.1, -0.05) is 6.92 Å². The monoisotopic (exact) mass is 243 g/mol. The van der Waals surface area contributed by atoms with E-state index in [-0.39, 0.29) is 0 Å². The van der Waals surface area contributed by atoms with Gasteiger partial charge in [-0.05, 0) is 6.92 Å². The number of carbonyl (C=O) groups excluding carboxylic acids is 1. The molecule has 0 N–H and O–H groups in total. The largest absolute Gasteiger partial charge is 0.463 e. The standard InChI is InChI=1S/C11H14ClNO3/c1-3-9-8(7-12)13-10(16-9)5-6-11(14)15-4-2/h5-6H,3-4,7H2,1-2H3. The van der Waals surface area contributed by atoms with Crippen LogP contribution in [0.4, 0.5) is 0 Å². The van der Waals surface area contributed by atoms with Crippen LogP contribution >= 0.6 is 11.6 Å². The number of esters is 1. The average Bonchev–Trinajstić information content (AvgIpc) is 2.69. The Bertz CT molecular complexity index is 363. The first-order valence-corrected chi connectivity index (χ1v) is 5.64. The molecule has 1 rings (SSSR count). The Morgan fingerprint density at radius 2 is 2.31 bits per heavy atom. The number of hydrogen-bond donors (Lipinski definition) is 0. The second-order valence-electron chi connectivity index (χ2n) is 2.99. The minimum absolute atomic E-state index is 0.305. The number of halogens is 1. The van der Waals surface area contributed by atoms with E-state index in [4.69, 9.17) is 20.8 Å². The average molecular weight is 244 g/mol. The maximum absolute atomic E-state index is 11.0. The highest BCUT2D eigenvalue weighted by Gasteiger charge is 2.08. The van der Waals surface area contributed by atoms with Gasteiger partial charge in [-0.3, -0.25) is 0 Å². The Hall–Kier alpha value is -1.29. The topological polar surface area (TPSA) is 52.3 Å². The van der Waals surface area contributed by atoms with Crippen LogP contribution in [0.1, 0.15) is 31.2 Å². The molecule has 5 heteroatoms. The lowest BCUT2D eigenvalue weighted by atomic mass is 10.3. The molecule has 0 amide bonds. The van der Waals surface area contributed by atoms with E-state index < -0.39 is 5.97 Å². The van der Waals surface area contributed by atoms with Crippen molar-refractivity contribution >= 4 is 23.6 Å². The molecule has 0 saturated carbocycles. The van der Waals surface area contributed by atoms with Crippen molar-refractivity contribution in [3.8, 4) is 0 Å². The van der Waals surface area contributed by atoms with Crippen LogP contribution in [0.5, 0.6) is 0 Å². The second-order valence-corrected chi connectivity index (χ2v) is 3.26. The van der Waals surface area contributed by atoms with Crippen molar-refractivity contribution in [1.29, 1.82) is 0 Å². The van der Waals surface area contributed by atoms with E-state index >= 15 is 0 Å². The third-order valence-electron chi connectivity index (χ3n) is 1.89. The first-order chi connectivity index (χ1) is 7.71. The minimum atomic E-state index is -0.411. The fourth-order valence-electron chi connectivity index (χ4n) is 1.18. The van der Waals surface area contributed by atoms with Crippen LogP contribution in [0.2, 0.25) is 0 Å². The number of oxazole rings is 1. The summed E-state index contributed by atoms with van der Waals surface area (Å²) in [5.74, 6) is 1.02. The van der Waals surface area contributed by atoms with Crippen LogP contribution in [0, 0.1) is 0 Å². The molecule has 0 saturated heterocycles. The number of alkyl halides is 1. The Balaban J connectivity index is 2.74. The molecule has 0 spiro atoms.